The summed E-state index contributed by atoms with van der Waals surface area (Å²) < 4.78 is 0. The third-order valence-corrected chi connectivity index (χ3v) is 3.78. The number of carboxylic acid groups (broad SMARTS) is 1. The minimum atomic E-state index is -0.910. The van der Waals surface area contributed by atoms with E-state index in [4.69, 9.17) is 5.11 Å². The minimum Gasteiger partial charge on any atom is -0.478 e. The lowest BCUT2D eigenvalue weighted by atomic mass is 10.1. The van der Waals surface area contributed by atoms with Gasteiger partial charge < -0.3 is 10.4 Å². The summed E-state index contributed by atoms with van der Waals surface area (Å²) in [5.41, 5.74) is 1.39. The fourth-order valence-corrected chi connectivity index (χ4v) is 2.61. The first kappa shape index (κ1) is 15.3. The van der Waals surface area contributed by atoms with Crippen molar-refractivity contribution < 1.29 is 14.7 Å². The van der Waals surface area contributed by atoms with Crippen LogP contribution in [-0.4, -0.2) is 41.0 Å². The van der Waals surface area contributed by atoms with Gasteiger partial charge in [0.15, 0.2) is 0 Å². The number of carbonyl (C=O) groups excluding carboxylic acids is 1. The van der Waals surface area contributed by atoms with Gasteiger partial charge in [0.2, 0.25) is 5.91 Å². The quantitative estimate of drug-likeness (QED) is 0.781. The highest BCUT2D eigenvalue weighted by Gasteiger charge is 2.24. The molecule has 1 aliphatic heterocycles. The van der Waals surface area contributed by atoms with E-state index in [9.17, 15) is 9.59 Å². The van der Waals surface area contributed by atoms with Crippen molar-refractivity contribution in [2.24, 2.45) is 0 Å². The zero-order valence-electron chi connectivity index (χ0n) is 11.9. The first-order chi connectivity index (χ1) is 10.1. The number of nitrogens with one attached hydrogen (secondary N) is 1. The SMILES string of the molecule is C=CC(=O)NCC1CCCN1Cc1ccc(C(=O)O)cc1. The number of carboxylic acids is 1. The zero-order valence-corrected chi connectivity index (χ0v) is 11.9. The molecule has 1 amide bonds. The average Bonchev–Trinajstić information content (AvgIpc) is 2.92. The molecule has 1 aromatic rings. The van der Waals surface area contributed by atoms with Gasteiger partial charge in [-0.05, 0) is 43.2 Å². The molecular weight excluding hydrogens is 268 g/mol. The van der Waals surface area contributed by atoms with Crippen LogP contribution in [0.3, 0.4) is 0 Å². The van der Waals surface area contributed by atoms with E-state index in [1.54, 1.807) is 12.1 Å². The van der Waals surface area contributed by atoms with Crippen LogP contribution in [0.2, 0.25) is 0 Å². The number of nitrogens with zero attached hydrogens (tertiary/aromatic N) is 1. The maximum absolute atomic E-state index is 11.2. The molecule has 1 heterocycles. The fraction of sp³-hybridized carbons (Fsp3) is 0.375. The molecule has 2 rings (SSSR count). The Morgan fingerprint density at radius 1 is 1.38 bits per heavy atom. The standard InChI is InChI=1S/C16H20N2O3/c1-2-15(19)17-10-14-4-3-9-18(14)11-12-5-7-13(8-6-12)16(20)21/h2,5-8,14H,1,3-4,9-11H2,(H,17,19)(H,20,21). The van der Waals surface area contributed by atoms with E-state index in [0.717, 1.165) is 31.5 Å². The van der Waals surface area contributed by atoms with Crippen molar-refractivity contribution in [1.29, 1.82) is 0 Å². The minimum absolute atomic E-state index is 0.146. The van der Waals surface area contributed by atoms with Crippen LogP contribution in [0.15, 0.2) is 36.9 Å². The Morgan fingerprint density at radius 3 is 2.71 bits per heavy atom. The van der Waals surface area contributed by atoms with Crippen LogP contribution in [-0.2, 0) is 11.3 Å². The van der Waals surface area contributed by atoms with Crippen LogP contribution < -0.4 is 5.32 Å². The molecule has 0 radical (unpaired) electrons. The number of amides is 1. The van der Waals surface area contributed by atoms with Crippen LogP contribution in [0.1, 0.15) is 28.8 Å². The second-order valence-corrected chi connectivity index (χ2v) is 5.22. The van der Waals surface area contributed by atoms with E-state index in [2.05, 4.69) is 16.8 Å². The number of carbonyl (C=O) groups is 2. The van der Waals surface area contributed by atoms with Crippen molar-refractivity contribution >= 4 is 11.9 Å². The highest BCUT2D eigenvalue weighted by Crippen LogP contribution is 2.19. The maximum atomic E-state index is 11.2. The molecule has 0 aliphatic carbocycles. The molecule has 2 N–H and O–H groups in total. The molecule has 1 atom stereocenters. The van der Waals surface area contributed by atoms with Gasteiger partial charge in [-0.1, -0.05) is 18.7 Å². The lowest BCUT2D eigenvalue weighted by Crippen LogP contribution is -2.39. The summed E-state index contributed by atoms with van der Waals surface area (Å²) in [6, 6.07) is 7.28. The lowest BCUT2D eigenvalue weighted by molar-refractivity contribution is -0.116. The Labute approximate surface area is 124 Å². The van der Waals surface area contributed by atoms with Crippen molar-refractivity contribution in [2.45, 2.75) is 25.4 Å². The number of likely N-dealkylation sites (tertiary alicyclic amines) is 1. The molecule has 0 saturated carbocycles. The molecule has 1 aromatic carbocycles. The summed E-state index contributed by atoms with van der Waals surface area (Å²) in [7, 11) is 0. The van der Waals surface area contributed by atoms with Gasteiger partial charge in [-0.25, -0.2) is 4.79 Å². The molecule has 1 aliphatic rings. The molecule has 21 heavy (non-hydrogen) atoms. The van der Waals surface area contributed by atoms with E-state index in [1.165, 1.54) is 6.08 Å². The van der Waals surface area contributed by atoms with Crippen molar-refractivity contribution in [3.63, 3.8) is 0 Å². The Morgan fingerprint density at radius 2 is 2.10 bits per heavy atom. The topological polar surface area (TPSA) is 69.6 Å². The summed E-state index contributed by atoms with van der Waals surface area (Å²) in [6.45, 7) is 5.83. The van der Waals surface area contributed by atoms with Crippen molar-refractivity contribution in [1.82, 2.24) is 10.2 Å². The van der Waals surface area contributed by atoms with Crippen LogP contribution in [0.4, 0.5) is 0 Å². The van der Waals surface area contributed by atoms with Crippen LogP contribution >= 0.6 is 0 Å². The summed E-state index contributed by atoms with van der Waals surface area (Å²) in [4.78, 5) is 24.4. The molecule has 1 unspecified atom stereocenters. The second kappa shape index (κ2) is 7.04. The molecule has 0 aromatic heterocycles. The van der Waals surface area contributed by atoms with Gasteiger partial charge in [0, 0.05) is 19.1 Å². The van der Waals surface area contributed by atoms with Gasteiger partial charge in [-0.15, -0.1) is 0 Å². The molecule has 0 bridgehead atoms. The number of benzene rings is 1. The van der Waals surface area contributed by atoms with Crippen molar-refractivity contribution in [2.75, 3.05) is 13.1 Å². The Balaban J connectivity index is 1.92. The van der Waals surface area contributed by atoms with Gasteiger partial charge >= 0.3 is 5.97 Å². The third-order valence-electron chi connectivity index (χ3n) is 3.78. The number of rotatable bonds is 6. The largest absolute Gasteiger partial charge is 0.478 e. The highest BCUT2D eigenvalue weighted by molar-refractivity contribution is 5.87. The first-order valence-corrected chi connectivity index (χ1v) is 7.06. The van der Waals surface area contributed by atoms with Crippen molar-refractivity contribution in [3.8, 4) is 0 Å². The lowest BCUT2D eigenvalue weighted by Gasteiger charge is -2.24. The Bertz CT molecular complexity index is 525. The molecule has 5 heteroatoms. The number of hydrogen-bond donors (Lipinski definition) is 2. The van der Waals surface area contributed by atoms with Crippen LogP contribution in [0, 0.1) is 0 Å². The van der Waals surface area contributed by atoms with Gasteiger partial charge in [0.1, 0.15) is 0 Å². The Hall–Kier alpha value is -2.14. The van der Waals surface area contributed by atoms with Gasteiger partial charge in [-0.3, -0.25) is 9.69 Å². The first-order valence-electron chi connectivity index (χ1n) is 7.06. The van der Waals surface area contributed by atoms with Crippen LogP contribution in [0.5, 0.6) is 0 Å². The number of hydrogen-bond acceptors (Lipinski definition) is 3. The van der Waals surface area contributed by atoms with E-state index in [-0.39, 0.29) is 5.91 Å². The summed E-state index contributed by atoms with van der Waals surface area (Å²) in [5, 5.41) is 11.7. The highest BCUT2D eigenvalue weighted by atomic mass is 16.4. The van der Waals surface area contributed by atoms with E-state index >= 15 is 0 Å². The monoisotopic (exact) mass is 288 g/mol. The van der Waals surface area contributed by atoms with Gasteiger partial charge in [0.05, 0.1) is 5.56 Å². The molecule has 1 fully saturated rings. The molecular formula is C16H20N2O3. The smallest absolute Gasteiger partial charge is 0.335 e. The van der Waals surface area contributed by atoms with Gasteiger partial charge in [-0.2, -0.15) is 0 Å². The van der Waals surface area contributed by atoms with Crippen LogP contribution in [0.25, 0.3) is 0 Å². The van der Waals surface area contributed by atoms with E-state index in [1.807, 2.05) is 12.1 Å². The normalized spacial score (nSPS) is 18.4. The summed E-state index contributed by atoms with van der Waals surface area (Å²) in [6.07, 6.45) is 3.45. The van der Waals surface area contributed by atoms with Crippen molar-refractivity contribution in [3.05, 3.63) is 48.0 Å². The third kappa shape index (κ3) is 4.16. The molecule has 1 saturated heterocycles. The average molecular weight is 288 g/mol. The fourth-order valence-electron chi connectivity index (χ4n) is 2.61. The molecule has 0 spiro atoms. The molecule has 5 nitrogen and oxygen atoms in total. The predicted octanol–water partition coefficient (Wildman–Crippen LogP) is 1.65. The molecule has 112 valence electrons. The predicted molar refractivity (Wildman–Crippen MR) is 80.0 cm³/mol. The Kier molecular flexibility index (Phi) is 5.11. The summed E-state index contributed by atoms with van der Waals surface area (Å²) in [5.74, 6) is -1.06. The number of aromatic carboxylic acids is 1. The van der Waals surface area contributed by atoms with E-state index < -0.39 is 5.97 Å². The summed E-state index contributed by atoms with van der Waals surface area (Å²) >= 11 is 0. The maximum Gasteiger partial charge on any atom is 0.335 e. The van der Waals surface area contributed by atoms with Gasteiger partial charge in [0.25, 0.3) is 0 Å². The second-order valence-electron chi connectivity index (χ2n) is 5.22. The van der Waals surface area contributed by atoms with E-state index in [0.29, 0.717) is 18.2 Å². The zero-order chi connectivity index (χ0) is 15.2.